The van der Waals surface area contributed by atoms with E-state index in [1.807, 2.05) is 26.0 Å². The van der Waals surface area contributed by atoms with E-state index in [1.54, 1.807) is 0 Å². The van der Waals surface area contributed by atoms with E-state index in [0.717, 1.165) is 5.88 Å². The Hall–Kier alpha value is 0.510. The molecule has 0 N–H and O–H groups in total. The van der Waals surface area contributed by atoms with Crippen molar-refractivity contribution in [3.63, 3.8) is 0 Å². The number of rotatable bonds is 3. The minimum Gasteiger partial charge on any atom is -0.127 e. The van der Waals surface area contributed by atoms with Gasteiger partial charge in [0.1, 0.15) is 0 Å². The standard InChI is InChI=1S/C5H11Cl.C4H8.BrH/c1-2-3-4-5-6;1-3-4-2;/h2-5H2,1H3;3-4H,1-2H3;1H. The number of hydrogen-bond donors (Lipinski definition) is 0. The van der Waals surface area contributed by atoms with Crippen molar-refractivity contribution in [2.45, 2.75) is 40.0 Å². The average molecular weight is 244 g/mol. The topological polar surface area (TPSA) is 0 Å². The zero-order chi connectivity index (χ0) is 8.24. The van der Waals surface area contributed by atoms with E-state index in [-0.39, 0.29) is 17.0 Å². The van der Waals surface area contributed by atoms with Gasteiger partial charge < -0.3 is 0 Å². The molecular weight excluding hydrogens is 223 g/mol. The molecule has 0 aromatic carbocycles. The Morgan fingerprint density at radius 3 is 1.64 bits per heavy atom. The Balaban J connectivity index is -0.000000114. The van der Waals surface area contributed by atoms with Gasteiger partial charge in [-0.05, 0) is 20.3 Å². The SMILES string of the molecule is Br.CC=CC.CCCCCCl. The lowest BCUT2D eigenvalue weighted by molar-refractivity contribution is 0.776. The lowest BCUT2D eigenvalue weighted by Crippen LogP contribution is -1.70. The van der Waals surface area contributed by atoms with Crippen LogP contribution in [0.4, 0.5) is 0 Å². The van der Waals surface area contributed by atoms with Crippen molar-refractivity contribution in [2.24, 2.45) is 0 Å². The Morgan fingerprint density at radius 2 is 1.55 bits per heavy atom. The van der Waals surface area contributed by atoms with Crippen LogP contribution in [0.25, 0.3) is 0 Å². The van der Waals surface area contributed by atoms with Crippen LogP contribution in [0, 0.1) is 0 Å². The maximum absolute atomic E-state index is 5.38. The van der Waals surface area contributed by atoms with Gasteiger partial charge in [-0.25, -0.2) is 0 Å². The first-order chi connectivity index (χ1) is 4.83. The van der Waals surface area contributed by atoms with E-state index in [2.05, 4.69) is 6.92 Å². The quantitative estimate of drug-likeness (QED) is 0.387. The summed E-state index contributed by atoms with van der Waals surface area (Å²) < 4.78 is 0. The molecule has 0 aliphatic heterocycles. The van der Waals surface area contributed by atoms with E-state index in [9.17, 15) is 0 Å². The predicted octanol–water partition coefficient (Wildman–Crippen LogP) is 4.58. The van der Waals surface area contributed by atoms with Crippen LogP contribution in [0.5, 0.6) is 0 Å². The fourth-order valence-electron chi connectivity index (χ4n) is 0.344. The summed E-state index contributed by atoms with van der Waals surface area (Å²) in [6, 6.07) is 0. The van der Waals surface area contributed by atoms with Crippen molar-refractivity contribution in [2.75, 3.05) is 5.88 Å². The van der Waals surface area contributed by atoms with Gasteiger partial charge in [-0.15, -0.1) is 28.6 Å². The maximum atomic E-state index is 5.38. The largest absolute Gasteiger partial charge is 0.127 e. The highest BCUT2D eigenvalue weighted by Gasteiger charge is 1.76. The lowest BCUT2D eigenvalue weighted by atomic mass is 10.3. The molecule has 0 aliphatic carbocycles. The lowest BCUT2D eigenvalue weighted by Gasteiger charge is -1.84. The molecule has 0 saturated carbocycles. The van der Waals surface area contributed by atoms with E-state index in [4.69, 9.17) is 11.6 Å². The van der Waals surface area contributed by atoms with Crippen LogP contribution >= 0.6 is 28.6 Å². The molecule has 0 unspecified atom stereocenters. The number of halogens is 2. The molecule has 2 heteroatoms. The fourth-order valence-corrected chi connectivity index (χ4v) is 0.533. The summed E-state index contributed by atoms with van der Waals surface area (Å²) in [6.45, 7) is 6.17. The molecule has 0 aromatic rings. The molecule has 0 radical (unpaired) electrons. The summed E-state index contributed by atoms with van der Waals surface area (Å²) >= 11 is 5.38. The maximum Gasteiger partial charge on any atom is 0.0223 e. The molecule has 11 heavy (non-hydrogen) atoms. The third-order valence-corrected chi connectivity index (χ3v) is 1.34. The predicted molar refractivity (Wildman–Crippen MR) is 61.1 cm³/mol. The average Bonchev–Trinajstić information content (AvgIpc) is 2.01. The molecule has 0 rings (SSSR count). The van der Waals surface area contributed by atoms with Crippen LogP contribution in [0.15, 0.2) is 12.2 Å². The third-order valence-electron chi connectivity index (χ3n) is 1.07. The zero-order valence-corrected chi connectivity index (χ0v) is 10.2. The molecule has 0 amide bonds. The molecule has 0 fully saturated rings. The van der Waals surface area contributed by atoms with E-state index in [0.29, 0.717) is 0 Å². The molecule has 0 heterocycles. The highest BCUT2D eigenvalue weighted by molar-refractivity contribution is 8.93. The zero-order valence-electron chi connectivity index (χ0n) is 7.77. The van der Waals surface area contributed by atoms with Crippen molar-refractivity contribution in [3.05, 3.63) is 12.2 Å². The van der Waals surface area contributed by atoms with Gasteiger partial charge in [0.25, 0.3) is 0 Å². The first-order valence-electron chi connectivity index (χ1n) is 3.96. The van der Waals surface area contributed by atoms with Crippen LogP contribution < -0.4 is 0 Å². The second-order valence-corrected chi connectivity index (χ2v) is 2.44. The summed E-state index contributed by atoms with van der Waals surface area (Å²) in [5.41, 5.74) is 0. The van der Waals surface area contributed by atoms with Crippen molar-refractivity contribution in [1.29, 1.82) is 0 Å². The Morgan fingerprint density at radius 1 is 1.09 bits per heavy atom. The molecular formula is C9H20BrCl. The van der Waals surface area contributed by atoms with Gasteiger partial charge in [0.2, 0.25) is 0 Å². The molecule has 0 saturated heterocycles. The second kappa shape index (κ2) is 22.4. The van der Waals surface area contributed by atoms with Gasteiger partial charge in [-0.1, -0.05) is 31.9 Å². The first-order valence-corrected chi connectivity index (χ1v) is 4.50. The van der Waals surface area contributed by atoms with Gasteiger partial charge in [-0.2, -0.15) is 0 Å². The van der Waals surface area contributed by atoms with Crippen LogP contribution in [-0.2, 0) is 0 Å². The van der Waals surface area contributed by atoms with Crippen LogP contribution in [0.1, 0.15) is 40.0 Å². The monoisotopic (exact) mass is 242 g/mol. The molecule has 0 aromatic heterocycles. The van der Waals surface area contributed by atoms with E-state index < -0.39 is 0 Å². The highest BCUT2D eigenvalue weighted by atomic mass is 79.9. The van der Waals surface area contributed by atoms with E-state index >= 15 is 0 Å². The minimum absolute atomic E-state index is 0. The van der Waals surface area contributed by atoms with Crippen LogP contribution in [0.3, 0.4) is 0 Å². The Kier molecular flexibility index (Phi) is 35.8. The van der Waals surface area contributed by atoms with Crippen molar-refractivity contribution in [1.82, 2.24) is 0 Å². The summed E-state index contributed by atoms with van der Waals surface area (Å²) in [5, 5.41) is 0. The minimum atomic E-state index is 0. The van der Waals surface area contributed by atoms with Crippen molar-refractivity contribution >= 4 is 28.6 Å². The van der Waals surface area contributed by atoms with Gasteiger partial charge in [0.05, 0.1) is 0 Å². The Labute approximate surface area is 86.8 Å². The number of hydrogen-bond acceptors (Lipinski definition) is 0. The summed E-state index contributed by atoms with van der Waals surface area (Å²) in [7, 11) is 0. The van der Waals surface area contributed by atoms with Gasteiger partial charge in [0, 0.05) is 5.88 Å². The van der Waals surface area contributed by atoms with Crippen molar-refractivity contribution in [3.8, 4) is 0 Å². The third kappa shape index (κ3) is 37.4. The van der Waals surface area contributed by atoms with Gasteiger partial charge in [0.15, 0.2) is 0 Å². The molecule has 0 spiro atoms. The summed E-state index contributed by atoms with van der Waals surface area (Å²) in [5.74, 6) is 0.827. The summed E-state index contributed by atoms with van der Waals surface area (Å²) in [4.78, 5) is 0. The van der Waals surface area contributed by atoms with Crippen LogP contribution in [0.2, 0.25) is 0 Å². The van der Waals surface area contributed by atoms with Crippen LogP contribution in [-0.4, -0.2) is 5.88 Å². The smallest absolute Gasteiger partial charge is 0.0223 e. The van der Waals surface area contributed by atoms with Gasteiger partial charge in [-0.3, -0.25) is 0 Å². The highest BCUT2D eigenvalue weighted by Crippen LogP contribution is 1.93. The first kappa shape index (κ1) is 17.6. The number of allylic oxidation sites excluding steroid dienone is 2. The summed E-state index contributed by atoms with van der Waals surface area (Å²) in [6.07, 6.45) is 7.73. The molecule has 0 atom stereocenters. The van der Waals surface area contributed by atoms with Crippen molar-refractivity contribution < 1.29 is 0 Å². The Bertz CT molecular complexity index is 54.6. The van der Waals surface area contributed by atoms with E-state index in [1.165, 1.54) is 19.3 Å². The second-order valence-electron chi connectivity index (χ2n) is 2.06. The fraction of sp³-hybridized carbons (Fsp3) is 0.778. The number of unbranched alkanes of at least 4 members (excludes halogenated alkanes) is 2. The normalized spacial score (nSPS) is 8.36. The molecule has 70 valence electrons. The molecule has 0 nitrogen and oxygen atoms in total. The molecule has 0 aliphatic rings. The number of alkyl halides is 1. The van der Waals surface area contributed by atoms with Gasteiger partial charge >= 0.3 is 0 Å². The molecule has 0 bridgehead atoms.